The third kappa shape index (κ3) is 5.02. The van der Waals surface area contributed by atoms with E-state index in [9.17, 15) is 21.6 Å². The van der Waals surface area contributed by atoms with Crippen molar-refractivity contribution in [3.8, 4) is 10.4 Å². The number of sulfonamides is 1. The van der Waals surface area contributed by atoms with E-state index in [1.165, 1.54) is 21.1 Å². The molecule has 0 aliphatic carbocycles. The molecule has 0 spiro atoms. The van der Waals surface area contributed by atoms with Crippen LogP contribution in [0.5, 0.6) is 0 Å². The largest absolute Gasteiger partial charge is 0.289 e. The summed E-state index contributed by atoms with van der Waals surface area (Å²) in [6.07, 6.45) is -0.181. The van der Waals surface area contributed by atoms with Crippen molar-refractivity contribution in [3.05, 3.63) is 46.3 Å². The maximum atomic E-state index is 13.5. The van der Waals surface area contributed by atoms with Crippen LogP contribution in [0.15, 0.2) is 36.4 Å². The molecule has 0 saturated carbocycles. The van der Waals surface area contributed by atoms with E-state index in [0.29, 0.717) is 16.3 Å². The summed E-state index contributed by atoms with van der Waals surface area (Å²) in [5, 5.41) is 9.69. The summed E-state index contributed by atoms with van der Waals surface area (Å²) in [5.74, 6) is -1.33. The number of carbonyl (C=O) groups excluding carboxylic acids is 1. The molecular formula is C20H25ClN2O6S3. The molecule has 1 aliphatic rings. The van der Waals surface area contributed by atoms with Crippen molar-refractivity contribution in [3.63, 3.8) is 0 Å². The lowest BCUT2D eigenvalue weighted by molar-refractivity contribution is -0.129. The number of carbonyl (C=O) groups is 1. The van der Waals surface area contributed by atoms with Crippen LogP contribution in [-0.2, 0) is 29.4 Å². The number of thiophene rings is 1. The fraction of sp³-hybridized carbons (Fsp3) is 0.450. The summed E-state index contributed by atoms with van der Waals surface area (Å²) in [4.78, 5) is 13.4. The van der Waals surface area contributed by atoms with Gasteiger partial charge < -0.3 is 0 Å². The van der Waals surface area contributed by atoms with Crippen molar-refractivity contribution in [2.24, 2.45) is 0 Å². The van der Waals surface area contributed by atoms with Crippen molar-refractivity contribution in [2.45, 2.75) is 30.9 Å². The van der Waals surface area contributed by atoms with E-state index in [-0.39, 0.29) is 25.3 Å². The number of benzene rings is 1. The Hall–Kier alpha value is -1.50. The van der Waals surface area contributed by atoms with E-state index < -0.39 is 42.7 Å². The standard InChI is InChI=1S/C20H25ClN2O6S3/c1-2-12-32(28,29)23-10-9-20(14-19(24)22-25,31(26,27)13-11-23)18-8-7-17(30-18)15-3-5-16(21)6-4-15/h3-8,25H,2,9-14H2,1H3,(H,22,24)/t20-/m0/s1. The molecule has 0 bridgehead atoms. The number of amides is 1. The van der Waals surface area contributed by atoms with Crippen LogP contribution < -0.4 is 5.48 Å². The first-order valence-electron chi connectivity index (χ1n) is 10.0. The molecule has 12 heteroatoms. The second-order valence-corrected chi connectivity index (χ2v) is 13.7. The number of nitrogens with one attached hydrogen (secondary N) is 1. The van der Waals surface area contributed by atoms with Crippen LogP contribution in [0.25, 0.3) is 10.4 Å². The molecular weight excluding hydrogens is 496 g/mol. The summed E-state index contributed by atoms with van der Waals surface area (Å²) in [7, 11) is -7.56. The Balaban J connectivity index is 2.07. The Morgan fingerprint density at radius 3 is 2.53 bits per heavy atom. The number of hydroxylamine groups is 1. The van der Waals surface area contributed by atoms with Gasteiger partial charge >= 0.3 is 0 Å². The van der Waals surface area contributed by atoms with Gasteiger partial charge in [-0.1, -0.05) is 30.7 Å². The van der Waals surface area contributed by atoms with Crippen LogP contribution in [0.4, 0.5) is 0 Å². The van der Waals surface area contributed by atoms with Crippen LogP contribution in [0.2, 0.25) is 5.02 Å². The maximum Gasteiger partial charge on any atom is 0.245 e. The molecule has 1 aliphatic heterocycles. The average Bonchev–Trinajstić information content (AvgIpc) is 3.18. The van der Waals surface area contributed by atoms with Gasteiger partial charge in [-0.05, 0) is 42.7 Å². The molecule has 1 amide bonds. The first-order valence-corrected chi connectivity index (χ1v) is 14.5. The zero-order valence-corrected chi connectivity index (χ0v) is 20.7. The number of hydrogen-bond donors (Lipinski definition) is 2. The molecule has 176 valence electrons. The van der Waals surface area contributed by atoms with Crippen molar-refractivity contribution in [1.29, 1.82) is 0 Å². The number of hydrogen-bond acceptors (Lipinski definition) is 7. The van der Waals surface area contributed by atoms with Crippen molar-refractivity contribution < 1.29 is 26.8 Å². The summed E-state index contributed by atoms with van der Waals surface area (Å²) >= 11 is 7.18. The normalized spacial score (nSPS) is 21.7. The zero-order valence-electron chi connectivity index (χ0n) is 17.5. The van der Waals surface area contributed by atoms with E-state index in [2.05, 4.69) is 0 Å². The lowest BCUT2D eigenvalue weighted by atomic mass is 9.97. The van der Waals surface area contributed by atoms with Gasteiger partial charge in [0.15, 0.2) is 9.84 Å². The van der Waals surface area contributed by atoms with Gasteiger partial charge in [0.05, 0.1) is 17.9 Å². The molecule has 8 nitrogen and oxygen atoms in total. The van der Waals surface area contributed by atoms with E-state index >= 15 is 0 Å². The maximum absolute atomic E-state index is 13.5. The zero-order chi connectivity index (χ0) is 23.6. The van der Waals surface area contributed by atoms with Gasteiger partial charge in [-0.15, -0.1) is 11.3 Å². The predicted octanol–water partition coefficient (Wildman–Crippen LogP) is 3.02. The molecule has 32 heavy (non-hydrogen) atoms. The third-order valence-electron chi connectivity index (χ3n) is 5.58. The minimum Gasteiger partial charge on any atom is -0.289 e. The van der Waals surface area contributed by atoms with Crippen molar-refractivity contribution >= 4 is 48.7 Å². The molecule has 1 saturated heterocycles. The van der Waals surface area contributed by atoms with E-state index in [1.54, 1.807) is 31.2 Å². The second-order valence-electron chi connectivity index (χ2n) is 7.66. The minimum atomic E-state index is -3.95. The summed E-state index contributed by atoms with van der Waals surface area (Å²) in [6.45, 7) is 1.54. The first kappa shape index (κ1) is 25.1. The minimum absolute atomic E-state index is 0.0333. The highest BCUT2D eigenvalue weighted by molar-refractivity contribution is 7.92. The van der Waals surface area contributed by atoms with Gasteiger partial charge in [0, 0.05) is 27.9 Å². The van der Waals surface area contributed by atoms with Crippen LogP contribution in [0, 0.1) is 0 Å². The SMILES string of the molecule is CCCS(=O)(=O)N1CC[C@](CC(=O)NO)(c2ccc(-c3ccc(Cl)cc3)s2)S(=O)(=O)CC1. The molecule has 1 aromatic carbocycles. The quantitative estimate of drug-likeness (QED) is 0.427. The van der Waals surface area contributed by atoms with Gasteiger partial charge in [0.1, 0.15) is 4.75 Å². The number of rotatable bonds is 7. The number of nitrogens with zero attached hydrogens (tertiary/aromatic N) is 1. The average molecular weight is 521 g/mol. The number of sulfone groups is 1. The molecule has 3 rings (SSSR count). The Kier molecular flexibility index (Phi) is 7.68. The van der Waals surface area contributed by atoms with Crippen LogP contribution in [-0.4, -0.2) is 56.9 Å². The van der Waals surface area contributed by atoms with E-state index in [1.807, 2.05) is 12.1 Å². The third-order valence-corrected chi connectivity index (χ3v) is 11.9. The van der Waals surface area contributed by atoms with Gasteiger partial charge in [0.25, 0.3) is 0 Å². The highest BCUT2D eigenvalue weighted by Crippen LogP contribution is 2.45. The Bertz CT molecular complexity index is 1180. The van der Waals surface area contributed by atoms with Crippen LogP contribution >= 0.6 is 22.9 Å². The van der Waals surface area contributed by atoms with E-state index in [4.69, 9.17) is 16.8 Å². The predicted molar refractivity (Wildman–Crippen MR) is 125 cm³/mol. The molecule has 2 N–H and O–H groups in total. The van der Waals surface area contributed by atoms with Gasteiger partial charge in [0.2, 0.25) is 15.9 Å². The fourth-order valence-corrected chi connectivity index (χ4v) is 9.23. The molecule has 1 fully saturated rings. The molecule has 1 atom stereocenters. The topological polar surface area (TPSA) is 121 Å². The van der Waals surface area contributed by atoms with Crippen LogP contribution in [0.1, 0.15) is 31.1 Å². The summed E-state index contributed by atoms with van der Waals surface area (Å²) in [5.41, 5.74) is 2.36. The first-order chi connectivity index (χ1) is 15.0. The molecule has 0 unspecified atom stereocenters. The smallest absolute Gasteiger partial charge is 0.245 e. The Morgan fingerprint density at radius 2 is 1.91 bits per heavy atom. The lowest BCUT2D eigenvalue weighted by Crippen LogP contribution is -2.41. The second kappa shape index (κ2) is 9.78. The van der Waals surface area contributed by atoms with Crippen molar-refractivity contribution in [1.82, 2.24) is 9.79 Å². The summed E-state index contributed by atoms with van der Waals surface area (Å²) in [6, 6.07) is 10.5. The summed E-state index contributed by atoms with van der Waals surface area (Å²) < 4.78 is 51.7. The van der Waals surface area contributed by atoms with Gasteiger partial charge in [-0.2, -0.15) is 0 Å². The van der Waals surface area contributed by atoms with Gasteiger partial charge in [-0.3, -0.25) is 10.0 Å². The molecule has 2 heterocycles. The monoisotopic (exact) mass is 520 g/mol. The Labute approximate surface area is 197 Å². The van der Waals surface area contributed by atoms with Crippen LogP contribution in [0.3, 0.4) is 0 Å². The fourth-order valence-electron chi connectivity index (χ4n) is 3.87. The molecule has 2 aromatic rings. The van der Waals surface area contributed by atoms with E-state index in [0.717, 1.165) is 10.4 Å². The highest BCUT2D eigenvalue weighted by atomic mass is 35.5. The highest BCUT2D eigenvalue weighted by Gasteiger charge is 2.50. The molecule has 0 radical (unpaired) electrons. The van der Waals surface area contributed by atoms with Gasteiger partial charge in [-0.25, -0.2) is 26.6 Å². The molecule has 1 aromatic heterocycles. The lowest BCUT2D eigenvalue weighted by Gasteiger charge is -2.30. The van der Waals surface area contributed by atoms with Crippen molar-refractivity contribution in [2.75, 3.05) is 24.6 Å². The Morgan fingerprint density at radius 1 is 1.22 bits per heavy atom. The number of halogens is 1.